The minimum atomic E-state index is 0.488. The lowest BCUT2D eigenvalue weighted by Gasteiger charge is -2.09. The van der Waals surface area contributed by atoms with E-state index in [2.05, 4.69) is 27.3 Å². The molecule has 90 valence electrons. The minimum Gasteiger partial charge on any atom is -0.338 e. The molecule has 1 fully saturated rings. The number of aromatic nitrogens is 2. The summed E-state index contributed by atoms with van der Waals surface area (Å²) in [6, 6.07) is 0.488. The lowest BCUT2D eigenvalue weighted by atomic mass is 10.2. The highest BCUT2D eigenvalue weighted by atomic mass is 16.5. The van der Waals surface area contributed by atoms with Crippen LogP contribution in [0.25, 0.3) is 0 Å². The first-order valence-electron chi connectivity index (χ1n) is 6.04. The number of hydrogen-bond donors (Lipinski definition) is 1. The lowest BCUT2D eigenvalue weighted by Crippen LogP contribution is -2.21. The third-order valence-corrected chi connectivity index (χ3v) is 3.13. The first-order chi connectivity index (χ1) is 7.79. The van der Waals surface area contributed by atoms with Crippen LogP contribution in [0.2, 0.25) is 0 Å². The summed E-state index contributed by atoms with van der Waals surface area (Å²) in [4.78, 5) is 6.61. The van der Waals surface area contributed by atoms with Crippen LogP contribution in [0.4, 0.5) is 5.95 Å². The summed E-state index contributed by atoms with van der Waals surface area (Å²) in [5, 5.41) is 7.22. The van der Waals surface area contributed by atoms with Crippen molar-refractivity contribution in [2.24, 2.45) is 0 Å². The number of nitrogens with one attached hydrogen (secondary N) is 1. The van der Waals surface area contributed by atoms with E-state index in [0.717, 1.165) is 37.8 Å². The first-order valence-corrected chi connectivity index (χ1v) is 6.04. The van der Waals surface area contributed by atoms with E-state index >= 15 is 0 Å². The van der Waals surface area contributed by atoms with Crippen LogP contribution < -0.4 is 10.2 Å². The van der Waals surface area contributed by atoms with Gasteiger partial charge >= 0.3 is 0 Å². The van der Waals surface area contributed by atoms with Crippen LogP contribution >= 0.6 is 0 Å². The van der Waals surface area contributed by atoms with Crippen molar-refractivity contribution in [3.05, 3.63) is 5.89 Å². The molecular formula is C11H20N4O. The Morgan fingerprint density at radius 2 is 2.19 bits per heavy atom. The van der Waals surface area contributed by atoms with E-state index in [1.54, 1.807) is 0 Å². The number of rotatable bonds is 5. The van der Waals surface area contributed by atoms with Crippen LogP contribution in [0.3, 0.4) is 0 Å². The minimum absolute atomic E-state index is 0.488. The first kappa shape index (κ1) is 11.4. The molecule has 5 nitrogen and oxygen atoms in total. The maximum Gasteiger partial charge on any atom is 0.266 e. The van der Waals surface area contributed by atoms with Crippen LogP contribution in [0.1, 0.15) is 32.1 Å². The fourth-order valence-electron chi connectivity index (χ4n) is 1.88. The molecular weight excluding hydrogens is 204 g/mol. The third-order valence-electron chi connectivity index (χ3n) is 3.13. The highest BCUT2D eigenvalue weighted by Crippen LogP contribution is 2.16. The van der Waals surface area contributed by atoms with Crippen molar-refractivity contribution < 1.29 is 4.52 Å². The Labute approximate surface area is 96.2 Å². The van der Waals surface area contributed by atoms with Gasteiger partial charge in [-0.25, -0.2) is 0 Å². The zero-order valence-corrected chi connectivity index (χ0v) is 10.1. The number of hydrogen-bond acceptors (Lipinski definition) is 5. The van der Waals surface area contributed by atoms with Crippen LogP contribution in [0.5, 0.6) is 0 Å². The van der Waals surface area contributed by atoms with E-state index in [4.69, 9.17) is 4.52 Å². The molecule has 1 N–H and O–H groups in total. The van der Waals surface area contributed by atoms with Crippen LogP contribution in [-0.2, 0) is 6.42 Å². The third kappa shape index (κ3) is 2.72. The molecule has 0 bridgehead atoms. The van der Waals surface area contributed by atoms with Crippen LogP contribution in [0.15, 0.2) is 4.52 Å². The molecule has 16 heavy (non-hydrogen) atoms. The van der Waals surface area contributed by atoms with E-state index in [-0.39, 0.29) is 0 Å². The summed E-state index contributed by atoms with van der Waals surface area (Å²) < 4.78 is 5.24. The predicted octanol–water partition coefficient (Wildman–Crippen LogP) is 1.21. The van der Waals surface area contributed by atoms with Crippen molar-refractivity contribution in [1.29, 1.82) is 0 Å². The lowest BCUT2D eigenvalue weighted by molar-refractivity contribution is 0.368. The van der Waals surface area contributed by atoms with Crippen molar-refractivity contribution in [1.82, 2.24) is 15.5 Å². The van der Waals surface area contributed by atoms with Gasteiger partial charge in [-0.2, -0.15) is 4.98 Å². The van der Waals surface area contributed by atoms with Crippen molar-refractivity contribution in [3.8, 4) is 0 Å². The Bertz CT molecular complexity index is 320. The second-order valence-electron chi connectivity index (χ2n) is 4.41. The molecule has 0 spiro atoms. The Morgan fingerprint density at radius 1 is 1.44 bits per heavy atom. The SMILES string of the molecule is CNC(C)CCc1nc(N2CCCC2)no1. The molecule has 1 atom stereocenters. The molecule has 1 aromatic heterocycles. The fraction of sp³-hybridized carbons (Fsp3) is 0.818. The average molecular weight is 224 g/mol. The van der Waals surface area contributed by atoms with Gasteiger partial charge < -0.3 is 14.7 Å². The second-order valence-corrected chi connectivity index (χ2v) is 4.41. The Hall–Kier alpha value is -1.10. The molecule has 0 amide bonds. The zero-order chi connectivity index (χ0) is 11.4. The molecule has 0 aromatic carbocycles. The van der Waals surface area contributed by atoms with Gasteiger partial charge in [-0.3, -0.25) is 0 Å². The standard InChI is InChI=1S/C11H20N4O/c1-9(12-2)5-6-10-13-11(14-16-10)15-7-3-4-8-15/h9,12H,3-8H2,1-2H3. The topological polar surface area (TPSA) is 54.2 Å². The molecule has 2 rings (SSSR count). The highest BCUT2D eigenvalue weighted by Gasteiger charge is 2.17. The van der Waals surface area contributed by atoms with Crippen molar-refractivity contribution in [2.45, 2.75) is 38.6 Å². The summed E-state index contributed by atoms with van der Waals surface area (Å²) in [6.07, 6.45) is 4.35. The molecule has 1 unspecified atom stereocenters. The summed E-state index contributed by atoms with van der Waals surface area (Å²) in [7, 11) is 1.97. The molecule has 1 aromatic rings. The molecule has 0 saturated carbocycles. The normalized spacial score (nSPS) is 18.0. The number of anilines is 1. The van der Waals surface area contributed by atoms with Crippen molar-refractivity contribution in [3.63, 3.8) is 0 Å². The van der Waals surface area contributed by atoms with E-state index in [1.165, 1.54) is 12.8 Å². The Balaban J connectivity index is 1.86. The van der Waals surface area contributed by atoms with Crippen molar-refractivity contribution in [2.75, 3.05) is 25.0 Å². The smallest absolute Gasteiger partial charge is 0.266 e. The maximum atomic E-state index is 5.24. The molecule has 5 heteroatoms. The van der Waals surface area contributed by atoms with Gasteiger partial charge in [0.2, 0.25) is 5.89 Å². The Morgan fingerprint density at radius 3 is 2.88 bits per heavy atom. The highest BCUT2D eigenvalue weighted by molar-refractivity contribution is 5.28. The quantitative estimate of drug-likeness (QED) is 0.814. The van der Waals surface area contributed by atoms with Gasteiger partial charge in [0.1, 0.15) is 0 Å². The predicted molar refractivity (Wildman–Crippen MR) is 62.6 cm³/mol. The number of nitrogens with zero attached hydrogens (tertiary/aromatic N) is 3. The van der Waals surface area contributed by atoms with Gasteiger partial charge in [0.05, 0.1) is 0 Å². The summed E-state index contributed by atoms with van der Waals surface area (Å²) in [5.41, 5.74) is 0. The van der Waals surface area contributed by atoms with Crippen LogP contribution in [0, 0.1) is 0 Å². The van der Waals surface area contributed by atoms with Crippen LogP contribution in [-0.4, -0.2) is 36.3 Å². The summed E-state index contributed by atoms with van der Waals surface area (Å²) >= 11 is 0. The van der Waals surface area contributed by atoms with Gasteiger partial charge in [0.25, 0.3) is 5.95 Å². The van der Waals surface area contributed by atoms with E-state index in [9.17, 15) is 0 Å². The van der Waals surface area contributed by atoms with E-state index in [1.807, 2.05) is 7.05 Å². The van der Waals surface area contributed by atoms with Gasteiger partial charge in [-0.05, 0) is 38.4 Å². The van der Waals surface area contributed by atoms with Gasteiger partial charge in [-0.1, -0.05) is 0 Å². The monoisotopic (exact) mass is 224 g/mol. The van der Waals surface area contributed by atoms with Gasteiger partial charge in [0.15, 0.2) is 0 Å². The van der Waals surface area contributed by atoms with Gasteiger partial charge in [0, 0.05) is 25.6 Å². The van der Waals surface area contributed by atoms with E-state index < -0.39 is 0 Å². The Kier molecular flexibility index (Phi) is 3.77. The molecule has 0 radical (unpaired) electrons. The molecule has 1 saturated heterocycles. The maximum absolute atomic E-state index is 5.24. The summed E-state index contributed by atoms with van der Waals surface area (Å²) in [5.74, 6) is 1.52. The second kappa shape index (κ2) is 5.30. The average Bonchev–Trinajstić information content (AvgIpc) is 2.95. The molecule has 2 heterocycles. The van der Waals surface area contributed by atoms with Crippen molar-refractivity contribution >= 4 is 5.95 Å². The van der Waals surface area contributed by atoms with E-state index in [0.29, 0.717) is 6.04 Å². The zero-order valence-electron chi connectivity index (χ0n) is 10.1. The molecule has 0 aliphatic carbocycles. The fourth-order valence-corrected chi connectivity index (χ4v) is 1.88. The molecule has 1 aliphatic rings. The number of aryl methyl sites for hydroxylation is 1. The largest absolute Gasteiger partial charge is 0.338 e. The van der Waals surface area contributed by atoms with Gasteiger partial charge in [-0.15, -0.1) is 0 Å². The summed E-state index contributed by atoms with van der Waals surface area (Å²) in [6.45, 7) is 4.27. The molecule has 1 aliphatic heterocycles.